The number of pyridine rings is 1. The Morgan fingerprint density at radius 1 is 1.04 bits per heavy atom. The molecule has 3 rings (SSSR count). The maximum atomic E-state index is 12.3. The second-order valence-electron chi connectivity index (χ2n) is 5.86. The first kappa shape index (κ1) is 19.2. The van der Waals surface area contributed by atoms with Crippen molar-refractivity contribution in [2.75, 3.05) is 5.32 Å². The van der Waals surface area contributed by atoms with E-state index in [0.29, 0.717) is 11.4 Å². The lowest BCUT2D eigenvalue weighted by Crippen LogP contribution is -2.17. The van der Waals surface area contributed by atoms with Crippen LogP contribution in [0, 0.1) is 0 Å². The van der Waals surface area contributed by atoms with E-state index in [1.165, 1.54) is 30.3 Å². The van der Waals surface area contributed by atoms with E-state index in [1.54, 1.807) is 30.5 Å². The van der Waals surface area contributed by atoms with E-state index in [4.69, 9.17) is 5.11 Å². The second-order valence-corrected chi connectivity index (χ2v) is 5.86. The summed E-state index contributed by atoms with van der Waals surface area (Å²) < 4.78 is 40.8. The standard InChI is InChI=1S/C20H15F3N2O3/c21-20(22,23)28-17-3-1-2-13(10-17)11-24-18-9-8-16(12-25-18)14-4-6-15(7-5-14)19(26)27/h1-10,12H,11H2,(H,24,25)(H,26,27). The average Bonchev–Trinajstić information content (AvgIpc) is 2.66. The smallest absolute Gasteiger partial charge is 0.478 e. The van der Waals surface area contributed by atoms with Crippen LogP contribution in [0.3, 0.4) is 0 Å². The van der Waals surface area contributed by atoms with Gasteiger partial charge in [-0.3, -0.25) is 0 Å². The summed E-state index contributed by atoms with van der Waals surface area (Å²) >= 11 is 0. The Kier molecular flexibility index (Phi) is 5.49. The Morgan fingerprint density at radius 3 is 2.36 bits per heavy atom. The number of aromatic carboxylic acids is 1. The first-order valence-corrected chi connectivity index (χ1v) is 8.18. The monoisotopic (exact) mass is 388 g/mol. The number of aromatic nitrogens is 1. The van der Waals surface area contributed by atoms with Gasteiger partial charge in [-0.05, 0) is 47.5 Å². The van der Waals surface area contributed by atoms with Crippen LogP contribution in [-0.2, 0) is 6.54 Å². The SMILES string of the molecule is O=C(O)c1ccc(-c2ccc(NCc3cccc(OC(F)(F)F)c3)nc2)cc1. The number of benzene rings is 2. The van der Waals surface area contributed by atoms with Crippen LogP contribution in [0.5, 0.6) is 5.75 Å². The van der Waals surface area contributed by atoms with Crippen molar-refractivity contribution in [1.82, 2.24) is 4.98 Å². The van der Waals surface area contributed by atoms with Gasteiger partial charge >= 0.3 is 12.3 Å². The minimum atomic E-state index is -4.73. The van der Waals surface area contributed by atoms with Crippen molar-refractivity contribution >= 4 is 11.8 Å². The third-order valence-corrected chi connectivity index (χ3v) is 3.83. The van der Waals surface area contributed by atoms with Crippen LogP contribution in [0.2, 0.25) is 0 Å². The summed E-state index contributed by atoms with van der Waals surface area (Å²) in [6, 6.07) is 15.7. The van der Waals surface area contributed by atoms with E-state index in [9.17, 15) is 18.0 Å². The Bertz CT molecular complexity index is 956. The van der Waals surface area contributed by atoms with Gasteiger partial charge in [0, 0.05) is 18.3 Å². The van der Waals surface area contributed by atoms with Crippen molar-refractivity contribution in [3.05, 3.63) is 78.0 Å². The molecule has 2 N–H and O–H groups in total. The van der Waals surface area contributed by atoms with E-state index < -0.39 is 12.3 Å². The van der Waals surface area contributed by atoms with E-state index in [-0.39, 0.29) is 17.9 Å². The van der Waals surface area contributed by atoms with Gasteiger partial charge in [0.1, 0.15) is 11.6 Å². The molecule has 0 fully saturated rings. The molecule has 2 aromatic carbocycles. The summed E-state index contributed by atoms with van der Waals surface area (Å²) in [4.78, 5) is 15.2. The number of carbonyl (C=O) groups is 1. The predicted octanol–water partition coefficient (Wildman–Crippen LogP) is 4.96. The molecule has 0 aliphatic heterocycles. The molecule has 0 saturated carbocycles. The topological polar surface area (TPSA) is 71.5 Å². The molecule has 0 amide bonds. The Labute approximate surface area is 158 Å². The molecule has 5 nitrogen and oxygen atoms in total. The quantitative estimate of drug-likeness (QED) is 0.625. The number of nitrogens with zero attached hydrogens (tertiary/aromatic N) is 1. The first-order chi connectivity index (χ1) is 13.3. The molecule has 1 heterocycles. The molecule has 28 heavy (non-hydrogen) atoms. The van der Waals surface area contributed by atoms with Crippen LogP contribution < -0.4 is 10.1 Å². The lowest BCUT2D eigenvalue weighted by atomic mass is 10.1. The highest BCUT2D eigenvalue weighted by molar-refractivity contribution is 5.88. The second kappa shape index (κ2) is 7.99. The Balaban J connectivity index is 1.63. The average molecular weight is 388 g/mol. The number of hydrogen-bond donors (Lipinski definition) is 2. The molecule has 0 atom stereocenters. The molecule has 0 aliphatic carbocycles. The molecular formula is C20H15F3N2O3. The minimum Gasteiger partial charge on any atom is -0.478 e. The van der Waals surface area contributed by atoms with Gasteiger partial charge in [-0.25, -0.2) is 9.78 Å². The number of carboxylic acids is 1. The zero-order chi connectivity index (χ0) is 20.1. The fraction of sp³-hybridized carbons (Fsp3) is 0.100. The summed E-state index contributed by atoms with van der Waals surface area (Å²) in [6.45, 7) is 0.273. The highest BCUT2D eigenvalue weighted by Gasteiger charge is 2.31. The first-order valence-electron chi connectivity index (χ1n) is 8.18. The maximum Gasteiger partial charge on any atom is 0.573 e. The molecule has 144 valence electrons. The number of alkyl halides is 3. The molecule has 3 aromatic rings. The third-order valence-electron chi connectivity index (χ3n) is 3.83. The summed E-state index contributed by atoms with van der Waals surface area (Å²) in [5.74, 6) is -0.720. The van der Waals surface area contributed by atoms with Crippen LogP contribution in [0.15, 0.2) is 66.9 Å². The van der Waals surface area contributed by atoms with Crippen molar-refractivity contribution in [2.24, 2.45) is 0 Å². The number of halogens is 3. The molecule has 0 unspecified atom stereocenters. The van der Waals surface area contributed by atoms with Crippen LogP contribution in [0.25, 0.3) is 11.1 Å². The highest BCUT2D eigenvalue weighted by atomic mass is 19.4. The molecule has 0 aliphatic rings. The number of ether oxygens (including phenoxy) is 1. The van der Waals surface area contributed by atoms with Gasteiger partial charge in [-0.2, -0.15) is 0 Å². The molecule has 0 bridgehead atoms. The number of nitrogens with one attached hydrogen (secondary N) is 1. The fourth-order valence-corrected chi connectivity index (χ4v) is 2.52. The van der Waals surface area contributed by atoms with E-state index in [2.05, 4.69) is 15.0 Å². The van der Waals surface area contributed by atoms with Gasteiger partial charge in [0.25, 0.3) is 0 Å². The zero-order valence-corrected chi connectivity index (χ0v) is 14.4. The summed E-state index contributed by atoms with van der Waals surface area (Å²) in [5, 5.41) is 12.0. The maximum absolute atomic E-state index is 12.3. The molecular weight excluding hydrogens is 373 g/mol. The van der Waals surface area contributed by atoms with Crippen molar-refractivity contribution in [3.8, 4) is 16.9 Å². The number of carboxylic acid groups (broad SMARTS) is 1. The minimum absolute atomic E-state index is 0.201. The third kappa shape index (κ3) is 5.23. The molecule has 8 heteroatoms. The van der Waals surface area contributed by atoms with E-state index >= 15 is 0 Å². The summed E-state index contributed by atoms with van der Waals surface area (Å²) in [6.07, 6.45) is -3.10. The van der Waals surface area contributed by atoms with Crippen LogP contribution in [0.4, 0.5) is 19.0 Å². The van der Waals surface area contributed by atoms with Crippen molar-refractivity contribution in [2.45, 2.75) is 12.9 Å². The van der Waals surface area contributed by atoms with Crippen LogP contribution in [-0.4, -0.2) is 22.4 Å². The van der Waals surface area contributed by atoms with Crippen molar-refractivity contribution in [1.29, 1.82) is 0 Å². The Hall–Kier alpha value is -3.55. The lowest BCUT2D eigenvalue weighted by Gasteiger charge is -2.11. The van der Waals surface area contributed by atoms with Gasteiger partial charge in [-0.15, -0.1) is 13.2 Å². The Morgan fingerprint density at radius 2 is 1.75 bits per heavy atom. The highest BCUT2D eigenvalue weighted by Crippen LogP contribution is 2.24. The predicted molar refractivity (Wildman–Crippen MR) is 97.1 cm³/mol. The van der Waals surface area contributed by atoms with Crippen LogP contribution in [0.1, 0.15) is 15.9 Å². The largest absolute Gasteiger partial charge is 0.573 e. The lowest BCUT2D eigenvalue weighted by molar-refractivity contribution is -0.274. The van der Waals surface area contributed by atoms with Crippen LogP contribution >= 0.6 is 0 Å². The van der Waals surface area contributed by atoms with E-state index in [1.807, 2.05) is 6.07 Å². The van der Waals surface area contributed by atoms with Gasteiger partial charge in [0.15, 0.2) is 0 Å². The van der Waals surface area contributed by atoms with Gasteiger partial charge in [-0.1, -0.05) is 24.3 Å². The molecule has 0 spiro atoms. The summed E-state index contributed by atoms with van der Waals surface area (Å²) in [7, 11) is 0. The zero-order valence-electron chi connectivity index (χ0n) is 14.4. The number of anilines is 1. The number of hydrogen-bond acceptors (Lipinski definition) is 4. The molecule has 1 aromatic heterocycles. The van der Waals surface area contributed by atoms with E-state index in [0.717, 1.165) is 11.1 Å². The molecule has 0 saturated heterocycles. The normalized spacial score (nSPS) is 11.1. The van der Waals surface area contributed by atoms with Gasteiger partial charge < -0.3 is 15.2 Å². The fourth-order valence-electron chi connectivity index (χ4n) is 2.52. The molecule has 0 radical (unpaired) electrons. The van der Waals surface area contributed by atoms with Crippen molar-refractivity contribution < 1.29 is 27.8 Å². The number of rotatable bonds is 6. The van der Waals surface area contributed by atoms with Crippen molar-refractivity contribution in [3.63, 3.8) is 0 Å². The summed E-state index contributed by atoms with van der Waals surface area (Å²) in [5.41, 5.74) is 2.44. The van der Waals surface area contributed by atoms with Gasteiger partial charge in [0.05, 0.1) is 5.56 Å². The van der Waals surface area contributed by atoms with Gasteiger partial charge in [0.2, 0.25) is 0 Å².